The lowest BCUT2D eigenvalue weighted by Gasteiger charge is -2.08. The fraction of sp³-hybridized carbons (Fsp3) is 0.154. The highest BCUT2D eigenvalue weighted by Gasteiger charge is 2.11. The fourth-order valence-electron chi connectivity index (χ4n) is 3.58. The van der Waals surface area contributed by atoms with Crippen LogP contribution in [0, 0.1) is 0 Å². The fourth-order valence-corrected chi connectivity index (χ4v) is 5.31. The van der Waals surface area contributed by atoms with Gasteiger partial charge in [0.2, 0.25) is 0 Å². The van der Waals surface area contributed by atoms with E-state index in [0.717, 1.165) is 42.9 Å². The minimum atomic E-state index is 0.693. The summed E-state index contributed by atoms with van der Waals surface area (Å²) in [5, 5.41) is 7.36. The standard InChI is InChI=1S/C26H23N3O3S2/c1-30-19-9-10-20-24(13-19)34-26(29-20)27-14-16-4-6-17(7-5-16)25-28-21(15-33-25)18-8-11-22(31-2)23(12-18)32-3/h4-13,15H,14H2,1-3H3,(H,27,29). The van der Waals surface area contributed by atoms with Crippen LogP contribution in [0.4, 0.5) is 5.13 Å². The van der Waals surface area contributed by atoms with Gasteiger partial charge in [-0.05, 0) is 42.0 Å². The van der Waals surface area contributed by atoms with Gasteiger partial charge in [-0.15, -0.1) is 11.3 Å². The van der Waals surface area contributed by atoms with E-state index in [-0.39, 0.29) is 0 Å². The monoisotopic (exact) mass is 489 g/mol. The topological polar surface area (TPSA) is 65.5 Å². The van der Waals surface area contributed by atoms with Crippen LogP contribution in [-0.4, -0.2) is 31.3 Å². The second-order valence-electron chi connectivity index (χ2n) is 7.51. The smallest absolute Gasteiger partial charge is 0.184 e. The number of nitrogens with zero attached hydrogens (tertiary/aromatic N) is 2. The quantitative estimate of drug-likeness (QED) is 0.261. The molecule has 0 bridgehead atoms. The van der Waals surface area contributed by atoms with Gasteiger partial charge in [0.05, 0.1) is 37.2 Å². The third kappa shape index (κ3) is 4.55. The van der Waals surface area contributed by atoms with Gasteiger partial charge in [-0.2, -0.15) is 0 Å². The van der Waals surface area contributed by atoms with Crippen LogP contribution in [0.15, 0.2) is 66.0 Å². The lowest BCUT2D eigenvalue weighted by molar-refractivity contribution is 0.355. The van der Waals surface area contributed by atoms with E-state index in [0.29, 0.717) is 18.0 Å². The van der Waals surface area contributed by atoms with Crippen LogP contribution in [0.3, 0.4) is 0 Å². The number of methoxy groups -OCH3 is 3. The highest BCUT2D eigenvalue weighted by atomic mass is 32.1. The van der Waals surface area contributed by atoms with Crippen molar-refractivity contribution >= 4 is 38.0 Å². The van der Waals surface area contributed by atoms with Crippen molar-refractivity contribution in [1.29, 1.82) is 0 Å². The Hall–Kier alpha value is -3.62. The maximum Gasteiger partial charge on any atom is 0.184 e. The molecule has 0 aliphatic rings. The summed E-state index contributed by atoms with van der Waals surface area (Å²) >= 11 is 3.25. The van der Waals surface area contributed by atoms with Crippen molar-refractivity contribution in [2.75, 3.05) is 26.6 Å². The molecule has 172 valence electrons. The molecule has 1 N–H and O–H groups in total. The zero-order chi connectivity index (χ0) is 23.5. The first-order chi connectivity index (χ1) is 16.7. The summed E-state index contributed by atoms with van der Waals surface area (Å²) in [5.74, 6) is 2.24. The lowest BCUT2D eigenvalue weighted by atomic mass is 10.1. The largest absolute Gasteiger partial charge is 0.497 e. The molecule has 3 aromatic carbocycles. The predicted octanol–water partition coefficient (Wildman–Crippen LogP) is 6.72. The summed E-state index contributed by atoms with van der Waals surface area (Å²) in [6, 6.07) is 20.2. The Labute approximate surface area is 205 Å². The number of ether oxygens (including phenoxy) is 3. The van der Waals surface area contributed by atoms with Crippen molar-refractivity contribution in [1.82, 2.24) is 9.97 Å². The SMILES string of the molecule is COc1ccc2nc(NCc3ccc(-c4nc(-c5ccc(OC)c(OC)c5)cs4)cc3)sc2c1. The van der Waals surface area contributed by atoms with E-state index in [1.807, 2.05) is 36.4 Å². The first-order valence-corrected chi connectivity index (χ1v) is 12.3. The van der Waals surface area contributed by atoms with E-state index in [9.17, 15) is 0 Å². The molecule has 0 radical (unpaired) electrons. The molecule has 0 unspecified atom stereocenters. The zero-order valence-corrected chi connectivity index (χ0v) is 20.6. The molecule has 0 saturated heterocycles. The van der Waals surface area contributed by atoms with Gasteiger partial charge in [0.15, 0.2) is 16.6 Å². The number of hydrogen-bond acceptors (Lipinski definition) is 8. The van der Waals surface area contributed by atoms with Gasteiger partial charge >= 0.3 is 0 Å². The predicted molar refractivity (Wildman–Crippen MR) is 140 cm³/mol. The Bertz CT molecular complexity index is 1430. The van der Waals surface area contributed by atoms with Gasteiger partial charge in [0.25, 0.3) is 0 Å². The minimum Gasteiger partial charge on any atom is -0.497 e. The van der Waals surface area contributed by atoms with Gasteiger partial charge in [-0.3, -0.25) is 0 Å². The molecule has 0 spiro atoms. The maximum absolute atomic E-state index is 5.42. The Morgan fingerprint density at radius 1 is 0.794 bits per heavy atom. The average Bonchev–Trinajstić information content (AvgIpc) is 3.54. The summed E-state index contributed by atoms with van der Waals surface area (Å²) in [5.41, 5.74) is 5.15. The molecule has 6 nitrogen and oxygen atoms in total. The van der Waals surface area contributed by atoms with E-state index in [4.69, 9.17) is 19.2 Å². The summed E-state index contributed by atoms with van der Waals surface area (Å²) in [7, 11) is 4.94. The van der Waals surface area contributed by atoms with Crippen molar-refractivity contribution in [2.24, 2.45) is 0 Å². The van der Waals surface area contributed by atoms with Crippen molar-refractivity contribution in [3.63, 3.8) is 0 Å². The lowest BCUT2D eigenvalue weighted by Crippen LogP contribution is -1.98. The van der Waals surface area contributed by atoms with Crippen LogP contribution >= 0.6 is 22.7 Å². The summed E-state index contributed by atoms with van der Waals surface area (Å²) in [4.78, 5) is 9.48. The molecule has 5 aromatic rings. The maximum atomic E-state index is 5.42. The van der Waals surface area contributed by atoms with Crippen LogP contribution in [0.1, 0.15) is 5.56 Å². The van der Waals surface area contributed by atoms with E-state index in [1.54, 1.807) is 44.0 Å². The number of anilines is 1. The third-order valence-corrected chi connectivity index (χ3v) is 7.29. The van der Waals surface area contributed by atoms with Gasteiger partial charge in [-0.1, -0.05) is 35.6 Å². The van der Waals surface area contributed by atoms with Crippen LogP contribution in [0.2, 0.25) is 0 Å². The first-order valence-electron chi connectivity index (χ1n) is 10.6. The number of benzene rings is 3. The Morgan fingerprint density at radius 3 is 2.35 bits per heavy atom. The molecule has 0 aliphatic heterocycles. The number of hydrogen-bond donors (Lipinski definition) is 1. The van der Waals surface area contributed by atoms with Gasteiger partial charge < -0.3 is 19.5 Å². The molecule has 2 aromatic heterocycles. The summed E-state index contributed by atoms with van der Waals surface area (Å²) in [6.07, 6.45) is 0. The highest BCUT2D eigenvalue weighted by molar-refractivity contribution is 7.22. The molecule has 0 amide bonds. The number of rotatable bonds is 8. The number of nitrogens with one attached hydrogen (secondary N) is 1. The van der Waals surface area contributed by atoms with Gasteiger partial charge in [0, 0.05) is 23.1 Å². The Morgan fingerprint density at radius 2 is 1.59 bits per heavy atom. The molecule has 0 fully saturated rings. The number of aromatic nitrogens is 2. The first kappa shape index (κ1) is 22.2. The van der Waals surface area contributed by atoms with Gasteiger partial charge in [-0.25, -0.2) is 9.97 Å². The van der Waals surface area contributed by atoms with Crippen molar-refractivity contribution < 1.29 is 14.2 Å². The molecule has 2 heterocycles. The number of fused-ring (bicyclic) bond motifs is 1. The van der Waals surface area contributed by atoms with Crippen molar-refractivity contribution in [3.05, 3.63) is 71.6 Å². The van der Waals surface area contributed by atoms with Crippen LogP contribution in [-0.2, 0) is 6.54 Å². The van der Waals surface area contributed by atoms with Gasteiger partial charge in [0.1, 0.15) is 10.8 Å². The second kappa shape index (κ2) is 9.70. The van der Waals surface area contributed by atoms with Crippen molar-refractivity contribution in [3.8, 4) is 39.1 Å². The average molecular weight is 490 g/mol. The Balaban J connectivity index is 1.27. The van der Waals surface area contributed by atoms with E-state index in [1.165, 1.54) is 5.56 Å². The summed E-state index contributed by atoms with van der Waals surface area (Å²) in [6.45, 7) is 0.700. The zero-order valence-electron chi connectivity index (χ0n) is 19.0. The Kier molecular flexibility index (Phi) is 6.33. The molecular formula is C26H23N3O3S2. The van der Waals surface area contributed by atoms with E-state index >= 15 is 0 Å². The molecule has 0 atom stereocenters. The van der Waals surface area contributed by atoms with Crippen LogP contribution < -0.4 is 19.5 Å². The molecular weight excluding hydrogens is 466 g/mol. The molecule has 8 heteroatoms. The second-order valence-corrected chi connectivity index (χ2v) is 9.40. The molecule has 5 rings (SSSR count). The molecule has 34 heavy (non-hydrogen) atoms. The van der Waals surface area contributed by atoms with Crippen LogP contribution in [0.5, 0.6) is 17.2 Å². The number of thiazole rings is 2. The van der Waals surface area contributed by atoms with E-state index in [2.05, 4.69) is 39.9 Å². The molecule has 0 aliphatic carbocycles. The van der Waals surface area contributed by atoms with Crippen LogP contribution in [0.25, 0.3) is 32.0 Å². The normalized spacial score (nSPS) is 10.9. The van der Waals surface area contributed by atoms with E-state index < -0.39 is 0 Å². The van der Waals surface area contributed by atoms with Crippen molar-refractivity contribution in [2.45, 2.75) is 6.54 Å². The highest BCUT2D eigenvalue weighted by Crippen LogP contribution is 2.35. The third-order valence-electron chi connectivity index (χ3n) is 5.42. The summed E-state index contributed by atoms with van der Waals surface area (Å²) < 4.78 is 17.2. The molecule has 0 saturated carbocycles. The minimum absolute atomic E-state index is 0.693.